The van der Waals surface area contributed by atoms with E-state index in [-0.39, 0.29) is 5.91 Å². The number of hydrogen-bond donors (Lipinski definition) is 0. The molecule has 3 aromatic rings. The summed E-state index contributed by atoms with van der Waals surface area (Å²) >= 11 is 7.69. The number of anilines is 1. The van der Waals surface area contributed by atoms with E-state index in [1.807, 2.05) is 12.1 Å². The van der Waals surface area contributed by atoms with Crippen molar-refractivity contribution in [3.8, 4) is 0 Å². The van der Waals surface area contributed by atoms with Crippen LogP contribution in [0.15, 0.2) is 42.5 Å². The summed E-state index contributed by atoms with van der Waals surface area (Å²) in [5, 5.41) is 1.30. The van der Waals surface area contributed by atoms with Gasteiger partial charge in [-0.1, -0.05) is 55.8 Å². The van der Waals surface area contributed by atoms with Gasteiger partial charge in [-0.2, -0.15) is 0 Å². The van der Waals surface area contributed by atoms with Gasteiger partial charge >= 0.3 is 0 Å². The van der Waals surface area contributed by atoms with Gasteiger partial charge in [0.1, 0.15) is 0 Å². The molecule has 2 aromatic carbocycles. The van der Waals surface area contributed by atoms with Crippen LogP contribution in [0.25, 0.3) is 10.2 Å². The van der Waals surface area contributed by atoms with E-state index in [0.717, 1.165) is 41.4 Å². The van der Waals surface area contributed by atoms with Crippen molar-refractivity contribution in [1.82, 2.24) is 9.88 Å². The Morgan fingerprint density at radius 2 is 1.86 bits per heavy atom. The topological polar surface area (TPSA) is 36.4 Å². The number of halogens is 1. The molecule has 0 fully saturated rings. The molecule has 6 heteroatoms. The largest absolute Gasteiger partial charge is 0.302 e. The molecular formula is C22H26ClN3OS. The van der Waals surface area contributed by atoms with E-state index in [9.17, 15) is 4.79 Å². The second kappa shape index (κ2) is 9.50. The van der Waals surface area contributed by atoms with E-state index < -0.39 is 0 Å². The average Bonchev–Trinajstić information content (AvgIpc) is 3.13. The van der Waals surface area contributed by atoms with E-state index >= 15 is 0 Å². The van der Waals surface area contributed by atoms with Crippen LogP contribution in [0.2, 0.25) is 5.02 Å². The first-order valence-corrected chi connectivity index (χ1v) is 10.9. The maximum atomic E-state index is 13.3. The van der Waals surface area contributed by atoms with Gasteiger partial charge in [-0.15, -0.1) is 0 Å². The number of aryl methyl sites for hydroxylation is 1. The molecule has 1 aromatic heterocycles. The van der Waals surface area contributed by atoms with Crippen molar-refractivity contribution in [3.63, 3.8) is 0 Å². The molecule has 0 unspecified atom stereocenters. The van der Waals surface area contributed by atoms with Gasteiger partial charge in [0.2, 0.25) is 0 Å². The van der Waals surface area contributed by atoms with Gasteiger partial charge in [0, 0.05) is 23.7 Å². The second-order valence-corrected chi connectivity index (χ2v) is 8.09. The Hall–Kier alpha value is -1.95. The van der Waals surface area contributed by atoms with E-state index in [0.29, 0.717) is 17.1 Å². The summed E-state index contributed by atoms with van der Waals surface area (Å²) < 4.78 is 1.11. The number of benzene rings is 2. The third-order valence-electron chi connectivity index (χ3n) is 4.93. The van der Waals surface area contributed by atoms with Crippen LogP contribution in [0.5, 0.6) is 0 Å². The summed E-state index contributed by atoms with van der Waals surface area (Å²) in [6, 6.07) is 13.4. The fourth-order valence-corrected chi connectivity index (χ4v) is 4.38. The highest BCUT2D eigenvalue weighted by atomic mass is 35.5. The average molecular weight is 416 g/mol. The van der Waals surface area contributed by atoms with Gasteiger partial charge in [0.25, 0.3) is 5.91 Å². The third-order valence-corrected chi connectivity index (χ3v) is 6.21. The summed E-state index contributed by atoms with van der Waals surface area (Å²) in [6.07, 6.45) is 0.982. The van der Waals surface area contributed by atoms with Crippen molar-refractivity contribution in [2.24, 2.45) is 0 Å². The molecule has 0 aliphatic carbocycles. The van der Waals surface area contributed by atoms with Crippen LogP contribution in [0.3, 0.4) is 0 Å². The second-order valence-electron chi connectivity index (χ2n) is 6.65. The lowest BCUT2D eigenvalue weighted by Gasteiger charge is -2.24. The van der Waals surface area contributed by atoms with Gasteiger partial charge in [-0.3, -0.25) is 9.69 Å². The maximum absolute atomic E-state index is 13.3. The molecule has 3 rings (SSSR count). The minimum atomic E-state index is -0.0653. The summed E-state index contributed by atoms with van der Waals surface area (Å²) in [7, 11) is 0. The highest BCUT2D eigenvalue weighted by molar-refractivity contribution is 7.22. The molecule has 1 heterocycles. The number of carbonyl (C=O) groups is 1. The number of carbonyl (C=O) groups excluding carboxylic acids is 1. The summed E-state index contributed by atoms with van der Waals surface area (Å²) in [4.78, 5) is 22.2. The van der Waals surface area contributed by atoms with E-state index in [1.54, 1.807) is 34.4 Å². The Balaban J connectivity index is 1.96. The number of fused-ring (bicyclic) bond motifs is 1. The van der Waals surface area contributed by atoms with Crippen molar-refractivity contribution < 1.29 is 4.79 Å². The molecule has 0 aliphatic rings. The minimum absolute atomic E-state index is 0.0653. The van der Waals surface area contributed by atoms with Crippen LogP contribution >= 0.6 is 22.9 Å². The molecule has 4 nitrogen and oxygen atoms in total. The Morgan fingerprint density at radius 1 is 1.07 bits per heavy atom. The van der Waals surface area contributed by atoms with Crippen molar-refractivity contribution in [1.29, 1.82) is 0 Å². The van der Waals surface area contributed by atoms with E-state index in [2.05, 4.69) is 37.8 Å². The number of likely N-dealkylation sites (N-methyl/N-ethyl adjacent to an activating group) is 1. The lowest BCUT2D eigenvalue weighted by molar-refractivity contribution is 0.0984. The maximum Gasteiger partial charge on any atom is 0.260 e. The lowest BCUT2D eigenvalue weighted by atomic mass is 10.2. The Morgan fingerprint density at radius 3 is 2.54 bits per heavy atom. The van der Waals surface area contributed by atoms with E-state index in [4.69, 9.17) is 16.6 Å². The van der Waals surface area contributed by atoms with Crippen LogP contribution in [0.1, 0.15) is 36.7 Å². The fraction of sp³-hybridized carbons (Fsp3) is 0.364. The van der Waals surface area contributed by atoms with Crippen molar-refractivity contribution in [2.75, 3.05) is 31.1 Å². The molecule has 0 N–H and O–H groups in total. The molecule has 1 amide bonds. The molecule has 0 atom stereocenters. The van der Waals surface area contributed by atoms with Gasteiger partial charge in [-0.05, 0) is 55.4 Å². The number of amides is 1. The highest BCUT2D eigenvalue weighted by Crippen LogP contribution is 2.31. The smallest absolute Gasteiger partial charge is 0.260 e. The lowest BCUT2D eigenvalue weighted by Crippen LogP contribution is -2.38. The fourth-order valence-electron chi connectivity index (χ4n) is 3.13. The zero-order chi connectivity index (χ0) is 20.1. The number of aromatic nitrogens is 1. The molecule has 148 valence electrons. The molecule has 0 radical (unpaired) electrons. The van der Waals surface area contributed by atoms with Crippen LogP contribution < -0.4 is 4.90 Å². The zero-order valence-corrected chi connectivity index (χ0v) is 18.2. The predicted molar refractivity (Wildman–Crippen MR) is 120 cm³/mol. The minimum Gasteiger partial charge on any atom is -0.302 e. The van der Waals surface area contributed by atoms with Crippen molar-refractivity contribution >= 4 is 44.2 Å². The molecule has 0 saturated carbocycles. The van der Waals surface area contributed by atoms with Crippen molar-refractivity contribution in [2.45, 2.75) is 27.2 Å². The number of nitrogens with zero attached hydrogens (tertiary/aromatic N) is 3. The first-order valence-electron chi connectivity index (χ1n) is 9.74. The van der Waals surface area contributed by atoms with Gasteiger partial charge in [0.15, 0.2) is 5.13 Å². The molecule has 0 bridgehead atoms. The monoisotopic (exact) mass is 415 g/mol. The van der Waals surface area contributed by atoms with Crippen LogP contribution in [0, 0.1) is 0 Å². The Kier molecular flexibility index (Phi) is 7.05. The quantitative estimate of drug-likeness (QED) is 0.487. The zero-order valence-electron chi connectivity index (χ0n) is 16.6. The molecule has 0 aliphatic heterocycles. The number of hydrogen-bond acceptors (Lipinski definition) is 4. The van der Waals surface area contributed by atoms with Crippen LogP contribution in [-0.4, -0.2) is 42.0 Å². The first-order chi connectivity index (χ1) is 13.5. The van der Waals surface area contributed by atoms with E-state index in [1.165, 1.54) is 5.56 Å². The van der Waals surface area contributed by atoms with Gasteiger partial charge in [0.05, 0.1) is 10.2 Å². The van der Waals surface area contributed by atoms with Crippen molar-refractivity contribution in [3.05, 3.63) is 58.6 Å². The van der Waals surface area contributed by atoms with Gasteiger partial charge < -0.3 is 4.90 Å². The van der Waals surface area contributed by atoms with Crippen LogP contribution in [-0.2, 0) is 6.42 Å². The SMILES string of the molecule is CCc1ccc2nc(N(CCN(CC)CC)C(=O)c3cccc(Cl)c3)sc2c1. The Bertz CT molecular complexity index is 952. The standard InChI is InChI=1S/C22H26ClN3OS/c1-4-16-10-11-19-20(14-16)28-22(24-19)26(13-12-25(5-2)6-3)21(27)17-8-7-9-18(23)15-17/h7-11,14-15H,4-6,12-13H2,1-3H3. The molecule has 28 heavy (non-hydrogen) atoms. The molecule has 0 saturated heterocycles. The normalized spacial score (nSPS) is 11.3. The van der Waals surface area contributed by atoms with Crippen LogP contribution in [0.4, 0.5) is 5.13 Å². The number of rotatable bonds is 8. The Labute approximate surface area is 175 Å². The van der Waals surface area contributed by atoms with Gasteiger partial charge in [-0.25, -0.2) is 4.98 Å². The number of thiazole rings is 1. The summed E-state index contributed by atoms with van der Waals surface area (Å²) in [5.41, 5.74) is 2.79. The summed E-state index contributed by atoms with van der Waals surface area (Å²) in [5.74, 6) is -0.0653. The predicted octanol–water partition coefficient (Wildman–Crippen LogP) is 5.50. The highest BCUT2D eigenvalue weighted by Gasteiger charge is 2.22. The third kappa shape index (κ3) is 4.72. The first kappa shape index (κ1) is 20.8. The molecule has 0 spiro atoms. The molecular weight excluding hydrogens is 390 g/mol. The summed E-state index contributed by atoms with van der Waals surface area (Å²) in [6.45, 7) is 9.71.